The first-order chi connectivity index (χ1) is 9.60. The average molecular weight is 279 g/mol. The molecule has 1 rings (SSSR count). The molecule has 1 N–H and O–H groups in total. The van der Waals surface area contributed by atoms with Gasteiger partial charge in [0.25, 0.3) is 0 Å². The van der Waals surface area contributed by atoms with E-state index in [1.54, 1.807) is 7.11 Å². The fourth-order valence-electron chi connectivity index (χ4n) is 2.09. The second-order valence-electron chi connectivity index (χ2n) is 5.47. The molecule has 1 unspecified atom stereocenters. The largest absolute Gasteiger partial charge is 0.383 e. The maximum absolute atomic E-state index is 5.24. The van der Waals surface area contributed by atoms with E-state index in [0.717, 1.165) is 31.9 Å². The highest BCUT2D eigenvalue weighted by molar-refractivity contribution is 5.47. The number of nitrogens with one attached hydrogen (secondary N) is 1. The van der Waals surface area contributed by atoms with Gasteiger partial charge in [-0.15, -0.1) is 0 Å². The van der Waals surface area contributed by atoms with Gasteiger partial charge >= 0.3 is 0 Å². The SMILES string of the molecule is CCC(C)N(CCOC)c1ncccc1CNC(C)C. The zero-order valence-electron chi connectivity index (χ0n) is 13.5. The van der Waals surface area contributed by atoms with Crippen LogP contribution < -0.4 is 10.2 Å². The second kappa shape index (κ2) is 8.93. The lowest BCUT2D eigenvalue weighted by atomic mass is 10.1. The van der Waals surface area contributed by atoms with Crippen molar-refractivity contribution in [2.75, 3.05) is 25.2 Å². The lowest BCUT2D eigenvalue weighted by Crippen LogP contribution is -2.37. The van der Waals surface area contributed by atoms with Crippen LogP contribution in [0.25, 0.3) is 0 Å². The molecule has 0 aromatic carbocycles. The van der Waals surface area contributed by atoms with Crippen molar-refractivity contribution in [3.63, 3.8) is 0 Å². The molecule has 0 saturated heterocycles. The zero-order chi connectivity index (χ0) is 15.0. The molecule has 4 nitrogen and oxygen atoms in total. The van der Waals surface area contributed by atoms with Crippen LogP contribution >= 0.6 is 0 Å². The minimum Gasteiger partial charge on any atom is -0.383 e. The van der Waals surface area contributed by atoms with Crippen molar-refractivity contribution in [1.82, 2.24) is 10.3 Å². The van der Waals surface area contributed by atoms with Crippen molar-refractivity contribution < 1.29 is 4.74 Å². The highest BCUT2D eigenvalue weighted by Gasteiger charge is 2.17. The Morgan fingerprint density at radius 3 is 2.70 bits per heavy atom. The van der Waals surface area contributed by atoms with Crippen molar-refractivity contribution >= 4 is 5.82 Å². The van der Waals surface area contributed by atoms with Gasteiger partial charge in [0.15, 0.2) is 0 Å². The highest BCUT2D eigenvalue weighted by Crippen LogP contribution is 2.20. The molecule has 0 fully saturated rings. The fourth-order valence-corrected chi connectivity index (χ4v) is 2.09. The molecule has 0 spiro atoms. The van der Waals surface area contributed by atoms with Crippen LogP contribution in [0.4, 0.5) is 5.82 Å². The van der Waals surface area contributed by atoms with Crippen molar-refractivity contribution in [3.8, 4) is 0 Å². The Morgan fingerprint density at radius 2 is 2.10 bits per heavy atom. The Bertz CT molecular complexity index is 382. The summed E-state index contributed by atoms with van der Waals surface area (Å²) in [5, 5.41) is 3.47. The molecule has 114 valence electrons. The molecule has 20 heavy (non-hydrogen) atoms. The molecule has 0 radical (unpaired) electrons. The number of nitrogens with zero attached hydrogens (tertiary/aromatic N) is 2. The first kappa shape index (κ1) is 16.9. The highest BCUT2D eigenvalue weighted by atomic mass is 16.5. The number of rotatable bonds is 9. The average Bonchev–Trinajstić information content (AvgIpc) is 2.46. The molecule has 0 aliphatic rings. The van der Waals surface area contributed by atoms with Gasteiger partial charge in [0, 0.05) is 44.0 Å². The number of hydrogen-bond donors (Lipinski definition) is 1. The van der Waals surface area contributed by atoms with Crippen LogP contribution in [-0.4, -0.2) is 37.3 Å². The first-order valence-electron chi connectivity index (χ1n) is 7.53. The third-order valence-corrected chi connectivity index (χ3v) is 3.50. The number of ether oxygens (including phenoxy) is 1. The van der Waals surface area contributed by atoms with Gasteiger partial charge in [0.2, 0.25) is 0 Å². The van der Waals surface area contributed by atoms with E-state index in [4.69, 9.17) is 4.74 Å². The molecular formula is C16H29N3O. The molecule has 0 aliphatic heterocycles. The normalized spacial score (nSPS) is 12.7. The summed E-state index contributed by atoms with van der Waals surface area (Å²) in [5.74, 6) is 1.08. The zero-order valence-corrected chi connectivity index (χ0v) is 13.5. The Hall–Kier alpha value is -1.13. The topological polar surface area (TPSA) is 37.4 Å². The van der Waals surface area contributed by atoms with Gasteiger partial charge in [-0.3, -0.25) is 0 Å². The summed E-state index contributed by atoms with van der Waals surface area (Å²) in [5.41, 5.74) is 1.25. The lowest BCUT2D eigenvalue weighted by Gasteiger charge is -2.31. The summed E-state index contributed by atoms with van der Waals surface area (Å²) in [6.45, 7) is 11.2. The Labute approximate surface area is 123 Å². The molecule has 1 atom stereocenters. The number of hydrogen-bond acceptors (Lipinski definition) is 4. The number of anilines is 1. The molecule has 0 bridgehead atoms. The monoisotopic (exact) mass is 279 g/mol. The molecule has 0 aliphatic carbocycles. The van der Waals surface area contributed by atoms with E-state index in [1.165, 1.54) is 5.56 Å². The molecule has 4 heteroatoms. The van der Waals surface area contributed by atoms with Crippen LogP contribution in [0, 0.1) is 0 Å². The van der Waals surface area contributed by atoms with Crippen LogP contribution in [0.15, 0.2) is 18.3 Å². The summed E-state index contributed by atoms with van der Waals surface area (Å²) in [4.78, 5) is 6.96. The van der Waals surface area contributed by atoms with Crippen LogP contribution in [0.3, 0.4) is 0 Å². The van der Waals surface area contributed by atoms with Gasteiger partial charge in [0.05, 0.1) is 6.61 Å². The van der Waals surface area contributed by atoms with Gasteiger partial charge in [-0.05, 0) is 19.4 Å². The van der Waals surface area contributed by atoms with Crippen molar-refractivity contribution in [2.24, 2.45) is 0 Å². The van der Waals surface area contributed by atoms with Crippen LogP contribution in [-0.2, 0) is 11.3 Å². The van der Waals surface area contributed by atoms with E-state index < -0.39 is 0 Å². The van der Waals surface area contributed by atoms with Gasteiger partial charge in [-0.1, -0.05) is 26.8 Å². The van der Waals surface area contributed by atoms with Crippen LogP contribution in [0.2, 0.25) is 0 Å². The summed E-state index contributed by atoms with van der Waals surface area (Å²) in [7, 11) is 1.74. The maximum Gasteiger partial charge on any atom is 0.133 e. The molecule has 0 amide bonds. The van der Waals surface area contributed by atoms with E-state index in [9.17, 15) is 0 Å². The van der Waals surface area contributed by atoms with E-state index in [-0.39, 0.29) is 0 Å². The Kier molecular flexibility index (Phi) is 7.55. The standard InChI is InChI=1S/C16H29N3O/c1-6-14(4)19(10-11-20-5)16-15(8-7-9-17-16)12-18-13(2)3/h7-9,13-14,18H,6,10-12H2,1-5H3. The Morgan fingerprint density at radius 1 is 1.35 bits per heavy atom. The molecule has 1 heterocycles. The summed E-state index contributed by atoms with van der Waals surface area (Å²) in [6, 6.07) is 5.09. The predicted octanol–water partition coefficient (Wildman–Crippen LogP) is 2.83. The van der Waals surface area contributed by atoms with E-state index in [2.05, 4.69) is 49.0 Å². The van der Waals surface area contributed by atoms with E-state index in [1.807, 2.05) is 12.3 Å². The number of aromatic nitrogens is 1. The van der Waals surface area contributed by atoms with Gasteiger partial charge < -0.3 is 15.0 Å². The first-order valence-corrected chi connectivity index (χ1v) is 7.53. The Balaban J connectivity index is 2.93. The minimum atomic E-state index is 0.456. The summed E-state index contributed by atoms with van der Waals surface area (Å²) in [6.07, 6.45) is 2.97. The summed E-state index contributed by atoms with van der Waals surface area (Å²) >= 11 is 0. The molecular weight excluding hydrogens is 250 g/mol. The number of methoxy groups -OCH3 is 1. The van der Waals surface area contributed by atoms with Crippen LogP contribution in [0.1, 0.15) is 39.7 Å². The second-order valence-corrected chi connectivity index (χ2v) is 5.47. The molecule has 1 aromatic heterocycles. The van der Waals surface area contributed by atoms with Crippen molar-refractivity contribution in [3.05, 3.63) is 23.9 Å². The van der Waals surface area contributed by atoms with Crippen molar-refractivity contribution in [2.45, 2.75) is 52.7 Å². The van der Waals surface area contributed by atoms with E-state index >= 15 is 0 Å². The quantitative estimate of drug-likeness (QED) is 0.754. The van der Waals surface area contributed by atoms with Crippen LogP contribution in [0.5, 0.6) is 0 Å². The predicted molar refractivity (Wildman–Crippen MR) is 85.2 cm³/mol. The lowest BCUT2D eigenvalue weighted by molar-refractivity contribution is 0.203. The molecule has 1 aromatic rings. The number of pyridine rings is 1. The van der Waals surface area contributed by atoms with Gasteiger partial charge in [-0.2, -0.15) is 0 Å². The summed E-state index contributed by atoms with van der Waals surface area (Å²) < 4.78 is 5.24. The van der Waals surface area contributed by atoms with E-state index in [0.29, 0.717) is 12.1 Å². The van der Waals surface area contributed by atoms with Gasteiger partial charge in [-0.25, -0.2) is 4.98 Å². The third kappa shape index (κ3) is 5.10. The smallest absolute Gasteiger partial charge is 0.133 e. The fraction of sp³-hybridized carbons (Fsp3) is 0.688. The van der Waals surface area contributed by atoms with Gasteiger partial charge in [0.1, 0.15) is 5.82 Å². The van der Waals surface area contributed by atoms with Crippen molar-refractivity contribution in [1.29, 1.82) is 0 Å². The maximum atomic E-state index is 5.24. The molecule has 0 saturated carbocycles. The third-order valence-electron chi connectivity index (χ3n) is 3.50. The minimum absolute atomic E-state index is 0.456.